The number of hydrogen-bond acceptors (Lipinski definition) is 6. The zero-order valence-electron chi connectivity index (χ0n) is 13.6. The number of rotatable bonds is 3. The molecule has 132 valence electrons. The van der Waals surface area contributed by atoms with E-state index in [0.29, 0.717) is 10.8 Å². The summed E-state index contributed by atoms with van der Waals surface area (Å²) in [5, 5.41) is 23.6. The minimum atomic E-state index is -1.64. The Bertz CT molecular complexity index is 1100. The van der Waals surface area contributed by atoms with Crippen LogP contribution in [0.2, 0.25) is 0 Å². The van der Waals surface area contributed by atoms with Crippen molar-refractivity contribution in [2.24, 2.45) is 0 Å². The molecule has 7 nitrogen and oxygen atoms in total. The van der Waals surface area contributed by atoms with Gasteiger partial charge in [-0.1, -0.05) is 24.3 Å². The number of carbonyl (C=O) groups is 4. The number of nitrogens with zero attached hydrogens (tertiary/aromatic N) is 1. The van der Waals surface area contributed by atoms with Gasteiger partial charge in [-0.2, -0.15) is 0 Å². The van der Waals surface area contributed by atoms with Gasteiger partial charge in [-0.05, 0) is 46.8 Å². The van der Waals surface area contributed by atoms with Crippen molar-refractivity contribution in [3.63, 3.8) is 0 Å². The van der Waals surface area contributed by atoms with Gasteiger partial charge in [0.25, 0.3) is 11.8 Å². The second-order valence-corrected chi connectivity index (χ2v) is 6.00. The summed E-state index contributed by atoms with van der Waals surface area (Å²) in [5.41, 5.74) is -0.626. The Morgan fingerprint density at radius 1 is 0.741 bits per heavy atom. The molecule has 1 heterocycles. The molecule has 0 unspecified atom stereocenters. The first-order valence-electron chi connectivity index (χ1n) is 7.87. The molecule has 4 rings (SSSR count). The molecule has 7 heteroatoms. The normalized spacial score (nSPS) is 13.1. The summed E-state index contributed by atoms with van der Waals surface area (Å²) in [5.74, 6) is -4.63. The Balaban J connectivity index is 1.96. The fourth-order valence-electron chi connectivity index (χ4n) is 3.24. The second kappa shape index (κ2) is 5.77. The van der Waals surface area contributed by atoms with Crippen molar-refractivity contribution in [3.05, 3.63) is 76.9 Å². The SMILES string of the molecule is O=C([O-])c1cc(C(=O)[O-])cc(N2C(=O)c3cccc4cccc(c34)C2=O)c1. The van der Waals surface area contributed by atoms with Gasteiger partial charge in [0.05, 0.1) is 17.6 Å². The average Bonchev–Trinajstić information content (AvgIpc) is 2.65. The highest BCUT2D eigenvalue weighted by Crippen LogP contribution is 2.33. The summed E-state index contributed by atoms with van der Waals surface area (Å²) in [6.45, 7) is 0. The fraction of sp³-hybridized carbons (Fsp3) is 0. The van der Waals surface area contributed by atoms with Crippen molar-refractivity contribution in [1.29, 1.82) is 0 Å². The number of carboxylic acid groups (broad SMARTS) is 2. The third-order valence-electron chi connectivity index (χ3n) is 4.42. The third-order valence-corrected chi connectivity index (χ3v) is 4.42. The van der Waals surface area contributed by atoms with Gasteiger partial charge in [-0.3, -0.25) is 9.59 Å². The zero-order valence-corrected chi connectivity index (χ0v) is 13.6. The Hall–Kier alpha value is -4.00. The van der Waals surface area contributed by atoms with Gasteiger partial charge in [0.2, 0.25) is 0 Å². The summed E-state index contributed by atoms with van der Waals surface area (Å²) in [4.78, 5) is 49.1. The van der Waals surface area contributed by atoms with Crippen molar-refractivity contribution >= 4 is 40.2 Å². The molecule has 0 aliphatic carbocycles. The lowest BCUT2D eigenvalue weighted by molar-refractivity contribution is -0.255. The van der Waals surface area contributed by atoms with Crippen molar-refractivity contribution in [2.45, 2.75) is 0 Å². The average molecular weight is 359 g/mol. The number of benzene rings is 3. The van der Waals surface area contributed by atoms with Gasteiger partial charge < -0.3 is 19.8 Å². The number of amides is 2. The maximum atomic E-state index is 13.0. The first-order valence-corrected chi connectivity index (χ1v) is 7.87. The van der Waals surface area contributed by atoms with E-state index in [9.17, 15) is 29.4 Å². The lowest BCUT2D eigenvalue weighted by Crippen LogP contribution is -2.41. The predicted molar refractivity (Wildman–Crippen MR) is 90.2 cm³/mol. The summed E-state index contributed by atoms with van der Waals surface area (Å²) in [6, 6.07) is 12.9. The summed E-state index contributed by atoms with van der Waals surface area (Å²) < 4.78 is 0. The van der Waals surface area contributed by atoms with Crippen LogP contribution in [0.1, 0.15) is 41.4 Å². The van der Waals surface area contributed by atoms with Gasteiger partial charge in [-0.15, -0.1) is 0 Å². The summed E-state index contributed by atoms with van der Waals surface area (Å²) in [6.07, 6.45) is 0. The lowest BCUT2D eigenvalue weighted by Gasteiger charge is -2.28. The molecule has 3 aromatic rings. The molecular weight excluding hydrogens is 350 g/mol. The minimum Gasteiger partial charge on any atom is -0.545 e. The van der Waals surface area contributed by atoms with Gasteiger partial charge in [-0.25, -0.2) is 4.90 Å². The maximum Gasteiger partial charge on any atom is 0.265 e. The topological polar surface area (TPSA) is 118 Å². The Morgan fingerprint density at radius 3 is 1.67 bits per heavy atom. The van der Waals surface area contributed by atoms with E-state index in [1.807, 2.05) is 0 Å². The van der Waals surface area contributed by atoms with E-state index in [1.54, 1.807) is 36.4 Å². The largest absolute Gasteiger partial charge is 0.545 e. The molecule has 0 atom stereocenters. The minimum absolute atomic E-state index is 0.183. The molecule has 0 spiro atoms. The van der Waals surface area contributed by atoms with E-state index >= 15 is 0 Å². The molecule has 2 amide bonds. The van der Waals surface area contributed by atoms with Gasteiger partial charge in [0.1, 0.15) is 0 Å². The molecule has 0 fully saturated rings. The van der Waals surface area contributed by atoms with E-state index in [-0.39, 0.29) is 16.8 Å². The Kier molecular flexibility index (Phi) is 3.52. The van der Waals surface area contributed by atoms with Crippen molar-refractivity contribution < 1.29 is 29.4 Å². The molecular formula is C20H9NO6-2. The smallest absolute Gasteiger partial charge is 0.265 e. The number of hydrogen-bond donors (Lipinski definition) is 0. The van der Waals surface area contributed by atoms with Crippen molar-refractivity contribution in [1.82, 2.24) is 0 Å². The summed E-state index contributed by atoms with van der Waals surface area (Å²) in [7, 11) is 0. The van der Waals surface area contributed by atoms with Gasteiger partial charge in [0.15, 0.2) is 0 Å². The van der Waals surface area contributed by atoms with E-state index < -0.39 is 34.9 Å². The van der Waals surface area contributed by atoms with E-state index in [1.165, 1.54) is 0 Å². The number of carboxylic acids is 2. The molecule has 0 aromatic heterocycles. The van der Waals surface area contributed by atoms with Crippen LogP contribution in [0.15, 0.2) is 54.6 Å². The van der Waals surface area contributed by atoms with E-state index in [4.69, 9.17) is 0 Å². The predicted octanol–water partition coefficient (Wildman–Crippen LogP) is 0.367. The molecule has 0 saturated heterocycles. The van der Waals surface area contributed by atoms with Crippen LogP contribution < -0.4 is 15.1 Å². The maximum absolute atomic E-state index is 13.0. The van der Waals surface area contributed by atoms with Crippen LogP contribution in [0.3, 0.4) is 0 Å². The Morgan fingerprint density at radius 2 is 1.22 bits per heavy atom. The molecule has 0 N–H and O–H groups in total. The van der Waals surface area contributed by atoms with E-state index in [0.717, 1.165) is 23.1 Å². The first kappa shape index (κ1) is 16.5. The van der Waals surface area contributed by atoms with E-state index in [2.05, 4.69) is 0 Å². The van der Waals surface area contributed by atoms with Crippen LogP contribution in [0.5, 0.6) is 0 Å². The van der Waals surface area contributed by atoms with Crippen LogP contribution in [-0.2, 0) is 0 Å². The molecule has 0 saturated carbocycles. The molecule has 0 radical (unpaired) electrons. The number of aromatic carboxylic acids is 2. The zero-order chi connectivity index (χ0) is 19.3. The third kappa shape index (κ3) is 2.44. The standard InChI is InChI=1S/C20H11NO6/c22-17-14-5-1-3-10-4-2-6-15(16(10)14)18(23)21(17)13-8-11(19(24)25)7-12(9-13)20(26)27/h1-9H,(H,24,25)(H,26,27)/p-2. The molecule has 1 aliphatic rings. The van der Waals surface area contributed by atoms with Crippen LogP contribution >= 0.6 is 0 Å². The van der Waals surface area contributed by atoms with Gasteiger partial charge in [0, 0.05) is 16.5 Å². The molecule has 3 aromatic carbocycles. The fourth-order valence-corrected chi connectivity index (χ4v) is 3.24. The highest BCUT2D eigenvalue weighted by atomic mass is 16.4. The highest BCUT2D eigenvalue weighted by molar-refractivity contribution is 6.35. The van der Waals surface area contributed by atoms with Crippen LogP contribution in [0.25, 0.3) is 10.8 Å². The van der Waals surface area contributed by atoms with Crippen molar-refractivity contribution in [2.75, 3.05) is 4.90 Å². The monoisotopic (exact) mass is 359 g/mol. The van der Waals surface area contributed by atoms with Crippen molar-refractivity contribution in [3.8, 4) is 0 Å². The molecule has 1 aliphatic heterocycles. The van der Waals surface area contributed by atoms with Crippen LogP contribution in [-0.4, -0.2) is 23.8 Å². The van der Waals surface area contributed by atoms with Gasteiger partial charge >= 0.3 is 0 Å². The highest BCUT2D eigenvalue weighted by Gasteiger charge is 2.34. The second-order valence-electron chi connectivity index (χ2n) is 6.00. The molecule has 27 heavy (non-hydrogen) atoms. The number of carbonyl (C=O) groups excluding carboxylic acids is 4. The molecule has 0 bridgehead atoms. The number of anilines is 1. The first-order chi connectivity index (χ1) is 12.9. The summed E-state index contributed by atoms with van der Waals surface area (Å²) >= 11 is 0. The van der Waals surface area contributed by atoms with Crippen LogP contribution in [0, 0.1) is 0 Å². The quantitative estimate of drug-likeness (QED) is 0.624. The number of imide groups is 1. The Labute approximate surface area is 152 Å². The van der Waals surface area contributed by atoms with Crippen LogP contribution in [0.4, 0.5) is 5.69 Å². The lowest BCUT2D eigenvalue weighted by atomic mass is 9.93.